The second-order valence-electron chi connectivity index (χ2n) is 5.90. The lowest BCUT2D eigenvalue weighted by molar-refractivity contribution is -0.113. The van der Waals surface area contributed by atoms with E-state index in [9.17, 15) is 4.79 Å². The Morgan fingerprint density at radius 1 is 1.12 bits per heavy atom. The Balaban J connectivity index is 1.99. The van der Waals surface area contributed by atoms with Gasteiger partial charge in [-0.15, -0.1) is 0 Å². The van der Waals surface area contributed by atoms with Crippen molar-refractivity contribution in [3.05, 3.63) is 59.0 Å². The van der Waals surface area contributed by atoms with Crippen LogP contribution in [0.5, 0.6) is 11.5 Å². The molecule has 0 bridgehead atoms. The topological polar surface area (TPSA) is 38.8 Å². The molecule has 3 rings (SSSR count). The third-order valence-corrected chi connectivity index (χ3v) is 4.98. The molecule has 0 N–H and O–H groups in total. The molecule has 1 heterocycles. The van der Waals surface area contributed by atoms with Gasteiger partial charge >= 0.3 is 0 Å². The molecule has 1 saturated heterocycles. The minimum absolute atomic E-state index is 0.0164. The first-order chi connectivity index (χ1) is 12.5. The van der Waals surface area contributed by atoms with Crippen molar-refractivity contribution in [2.45, 2.75) is 20.0 Å². The van der Waals surface area contributed by atoms with E-state index in [-0.39, 0.29) is 12.0 Å². The number of hydrogen-bond acceptors (Lipinski definition) is 5. The number of thiocarbonyl (C=S) groups is 1. The summed E-state index contributed by atoms with van der Waals surface area (Å²) in [4.78, 5) is 15.0. The van der Waals surface area contributed by atoms with E-state index in [0.717, 1.165) is 11.3 Å². The number of carbonyl (C=O) groups excluding carboxylic acids is 1. The van der Waals surface area contributed by atoms with E-state index >= 15 is 0 Å². The lowest BCUT2D eigenvalue weighted by Crippen LogP contribution is -2.27. The lowest BCUT2D eigenvalue weighted by Gasteiger charge is -2.16. The smallest absolute Gasteiger partial charge is 0.270 e. The Morgan fingerprint density at radius 3 is 2.50 bits per heavy atom. The molecule has 2 aromatic rings. The second kappa shape index (κ2) is 7.93. The average molecular weight is 386 g/mol. The molecule has 134 valence electrons. The molecule has 1 amide bonds. The highest BCUT2D eigenvalue weighted by Gasteiger charge is 2.33. The molecule has 1 fully saturated rings. The van der Waals surface area contributed by atoms with Gasteiger partial charge in [-0.25, -0.2) is 0 Å². The van der Waals surface area contributed by atoms with Gasteiger partial charge < -0.3 is 9.47 Å². The first-order valence-corrected chi connectivity index (χ1v) is 9.40. The molecule has 0 spiro atoms. The third kappa shape index (κ3) is 3.76. The van der Waals surface area contributed by atoms with Crippen LogP contribution in [0, 0.1) is 0 Å². The van der Waals surface area contributed by atoms with Crippen LogP contribution in [0.3, 0.4) is 0 Å². The van der Waals surface area contributed by atoms with Gasteiger partial charge in [-0.1, -0.05) is 54.3 Å². The quantitative estimate of drug-likeness (QED) is 0.541. The number of ether oxygens (including phenoxy) is 2. The van der Waals surface area contributed by atoms with Gasteiger partial charge in [-0.3, -0.25) is 9.69 Å². The van der Waals surface area contributed by atoms with Gasteiger partial charge in [0.2, 0.25) is 0 Å². The molecule has 26 heavy (non-hydrogen) atoms. The number of thioether (sulfide) groups is 1. The van der Waals surface area contributed by atoms with Crippen LogP contribution in [0.4, 0.5) is 5.69 Å². The zero-order valence-electron chi connectivity index (χ0n) is 14.8. The number of anilines is 1. The van der Waals surface area contributed by atoms with Crippen molar-refractivity contribution in [2.24, 2.45) is 0 Å². The number of carbonyl (C=O) groups is 1. The maximum atomic E-state index is 12.9. The summed E-state index contributed by atoms with van der Waals surface area (Å²) in [6.45, 7) is 3.90. The normalized spacial score (nSPS) is 15.8. The average Bonchev–Trinajstić information content (AvgIpc) is 2.90. The number of benzene rings is 2. The minimum atomic E-state index is -0.135. The van der Waals surface area contributed by atoms with Gasteiger partial charge in [0.1, 0.15) is 0 Å². The van der Waals surface area contributed by atoms with E-state index in [2.05, 4.69) is 0 Å². The van der Waals surface area contributed by atoms with Crippen molar-refractivity contribution in [1.29, 1.82) is 0 Å². The van der Waals surface area contributed by atoms with E-state index in [1.165, 1.54) is 11.8 Å². The Hall–Kier alpha value is -2.31. The number of rotatable bonds is 5. The molecule has 4 nitrogen and oxygen atoms in total. The van der Waals surface area contributed by atoms with Crippen LogP contribution in [0.25, 0.3) is 6.08 Å². The number of amides is 1. The summed E-state index contributed by atoms with van der Waals surface area (Å²) in [5, 5.41) is 0. The Kier molecular flexibility index (Phi) is 5.64. The summed E-state index contributed by atoms with van der Waals surface area (Å²) >= 11 is 6.70. The van der Waals surface area contributed by atoms with Crippen LogP contribution in [-0.2, 0) is 4.79 Å². The molecule has 0 aromatic heterocycles. The molecule has 1 aliphatic heterocycles. The molecular formula is C20H19NO3S2. The van der Waals surface area contributed by atoms with Gasteiger partial charge in [0, 0.05) is 5.56 Å². The largest absolute Gasteiger partial charge is 0.493 e. The number of nitrogens with zero attached hydrogens (tertiary/aromatic N) is 1. The van der Waals surface area contributed by atoms with Crippen LogP contribution in [-0.4, -0.2) is 23.4 Å². The molecular weight excluding hydrogens is 366 g/mol. The molecule has 1 aliphatic rings. The fourth-order valence-corrected chi connectivity index (χ4v) is 3.87. The highest BCUT2D eigenvalue weighted by atomic mass is 32.2. The van der Waals surface area contributed by atoms with Crippen molar-refractivity contribution < 1.29 is 14.3 Å². The number of methoxy groups -OCH3 is 1. The van der Waals surface area contributed by atoms with Crippen molar-refractivity contribution in [2.75, 3.05) is 12.0 Å². The maximum Gasteiger partial charge on any atom is 0.270 e. The summed E-state index contributed by atoms with van der Waals surface area (Å²) < 4.78 is 11.8. The maximum absolute atomic E-state index is 12.9. The van der Waals surface area contributed by atoms with Crippen molar-refractivity contribution in [1.82, 2.24) is 0 Å². The van der Waals surface area contributed by atoms with E-state index in [4.69, 9.17) is 21.7 Å². The summed E-state index contributed by atoms with van der Waals surface area (Å²) in [5.74, 6) is 1.12. The van der Waals surface area contributed by atoms with Crippen molar-refractivity contribution in [3.63, 3.8) is 0 Å². The van der Waals surface area contributed by atoms with Crippen molar-refractivity contribution >= 4 is 46.0 Å². The number of hydrogen-bond donors (Lipinski definition) is 0. The predicted molar refractivity (Wildman–Crippen MR) is 111 cm³/mol. The molecule has 0 radical (unpaired) electrons. The fourth-order valence-electron chi connectivity index (χ4n) is 2.58. The summed E-state index contributed by atoms with van der Waals surface area (Å²) in [6, 6.07) is 15.0. The van der Waals surface area contributed by atoms with Gasteiger partial charge in [0.25, 0.3) is 5.91 Å². The summed E-state index contributed by atoms with van der Waals surface area (Å²) in [7, 11) is 1.60. The zero-order chi connectivity index (χ0) is 18.7. The lowest BCUT2D eigenvalue weighted by atomic mass is 10.1. The molecule has 6 heteroatoms. The van der Waals surface area contributed by atoms with Gasteiger partial charge in [-0.05, 0) is 38.1 Å². The van der Waals surface area contributed by atoms with Crippen LogP contribution in [0.1, 0.15) is 19.4 Å². The second-order valence-corrected chi connectivity index (χ2v) is 7.57. The zero-order valence-corrected chi connectivity index (χ0v) is 16.4. The molecule has 0 unspecified atom stereocenters. The Morgan fingerprint density at radius 2 is 1.85 bits per heavy atom. The highest BCUT2D eigenvalue weighted by Crippen LogP contribution is 2.39. The van der Waals surface area contributed by atoms with E-state index in [0.29, 0.717) is 20.7 Å². The molecule has 0 saturated carbocycles. The van der Waals surface area contributed by atoms with Gasteiger partial charge in [-0.2, -0.15) is 0 Å². The monoisotopic (exact) mass is 385 g/mol. The van der Waals surface area contributed by atoms with Crippen molar-refractivity contribution in [3.8, 4) is 11.5 Å². The highest BCUT2D eigenvalue weighted by molar-refractivity contribution is 8.27. The Bertz CT molecular complexity index is 863. The Labute approximate surface area is 162 Å². The first-order valence-electron chi connectivity index (χ1n) is 8.18. The minimum Gasteiger partial charge on any atom is -0.493 e. The third-order valence-electron chi connectivity index (χ3n) is 3.68. The van der Waals surface area contributed by atoms with Crippen LogP contribution in [0.15, 0.2) is 53.4 Å². The summed E-state index contributed by atoms with van der Waals surface area (Å²) in [5.41, 5.74) is 1.55. The van der Waals surface area contributed by atoms with Crippen LogP contribution in [0.2, 0.25) is 0 Å². The fraction of sp³-hybridized carbons (Fsp3) is 0.200. The first kappa shape index (κ1) is 18.5. The van der Waals surface area contributed by atoms with Gasteiger partial charge in [0.05, 0.1) is 23.8 Å². The van der Waals surface area contributed by atoms with Crippen LogP contribution < -0.4 is 14.4 Å². The van der Waals surface area contributed by atoms with E-state index in [1.54, 1.807) is 12.0 Å². The standard InChI is InChI=1S/C20H19NO3S2/c1-13(2)24-18-14(8-7-11-16(18)23-3)12-17-19(22)21(20(25)26-17)15-9-5-4-6-10-15/h4-13H,1-3H3/b17-12-. The molecule has 0 aliphatic carbocycles. The summed E-state index contributed by atoms with van der Waals surface area (Å²) in [6.07, 6.45) is 1.79. The van der Waals surface area contributed by atoms with Crippen LogP contribution >= 0.6 is 24.0 Å². The predicted octanol–water partition coefficient (Wildman–Crippen LogP) is 4.89. The SMILES string of the molecule is COc1cccc(/C=C2\SC(=S)N(c3ccccc3)C2=O)c1OC(C)C. The molecule has 0 atom stereocenters. The van der Waals surface area contributed by atoms with E-state index < -0.39 is 0 Å². The van der Waals surface area contributed by atoms with Gasteiger partial charge in [0.15, 0.2) is 15.8 Å². The number of para-hydroxylation sites is 2. The molecule has 2 aromatic carbocycles. The van der Waals surface area contributed by atoms with E-state index in [1.807, 2.05) is 68.5 Å².